The van der Waals surface area contributed by atoms with Crippen molar-refractivity contribution in [3.63, 3.8) is 0 Å². The smallest absolute Gasteiger partial charge is 0.354 e. The van der Waals surface area contributed by atoms with Crippen LogP contribution in [0.3, 0.4) is 0 Å². The van der Waals surface area contributed by atoms with Gasteiger partial charge in [0.2, 0.25) is 6.34 Å². The molecule has 0 aromatic rings. The van der Waals surface area contributed by atoms with E-state index in [2.05, 4.69) is 22.0 Å². The van der Waals surface area contributed by atoms with Crippen LogP contribution in [0.4, 0.5) is 0 Å². The van der Waals surface area contributed by atoms with Gasteiger partial charge in [-0.1, -0.05) is 6.08 Å². The fourth-order valence-corrected chi connectivity index (χ4v) is 1.17. The summed E-state index contributed by atoms with van der Waals surface area (Å²) < 4.78 is 0. The van der Waals surface area contributed by atoms with E-state index < -0.39 is 0 Å². The molecule has 0 aromatic carbocycles. The maximum atomic E-state index is 5.03. The minimum atomic E-state index is 0. The number of nitrogens with zero attached hydrogens (tertiary/aromatic N) is 1. The molecule has 0 aliphatic carbocycles. The van der Waals surface area contributed by atoms with E-state index in [1.165, 1.54) is 6.34 Å². The number of thioether (sulfide) groups is 1. The third-order valence-corrected chi connectivity index (χ3v) is 1.85. The number of nitrogens with two attached hydrogens (primary N) is 1. The first-order valence-corrected chi connectivity index (χ1v) is 4.66. The Bertz CT molecular complexity index is 181. The molecule has 4 N–H and O–H groups in total. The van der Waals surface area contributed by atoms with Crippen LogP contribution in [-0.2, 0) is 0 Å². The Hall–Kier alpha value is -0.520. The number of hydrogen-bond donors (Lipinski definition) is 3. The van der Waals surface area contributed by atoms with Gasteiger partial charge in [0.05, 0.1) is 6.54 Å². The predicted octanol–water partition coefficient (Wildman–Crippen LogP) is -4.14. The summed E-state index contributed by atoms with van der Waals surface area (Å²) in [5.41, 5.74) is 2.34. The quantitative estimate of drug-likeness (QED) is 0.149. The number of rotatable bonds is 4. The zero-order chi connectivity index (χ0) is 9.23. The Morgan fingerprint density at radius 1 is 1.77 bits per heavy atom. The molecule has 0 saturated heterocycles. The summed E-state index contributed by atoms with van der Waals surface area (Å²) in [6.45, 7) is 6.48. The van der Waals surface area contributed by atoms with Crippen LogP contribution in [0.25, 0.3) is 0 Å². The third kappa shape index (κ3) is 9.39. The molecular weight excluding hydrogens is 208 g/mol. The van der Waals surface area contributed by atoms with Gasteiger partial charge < -0.3 is 12.4 Å². The van der Waals surface area contributed by atoms with E-state index in [4.69, 9.17) is 5.84 Å². The van der Waals surface area contributed by atoms with Gasteiger partial charge in [0.25, 0.3) is 0 Å². The average Bonchev–Trinajstić information content (AvgIpc) is 2.10. The van der Waals surface area contributed by atoms with Gasteiger partial charge in [-0.2, -0.15) is 0 Å². The Kier molecular flexibility index (Phi) is 13.2. The molecule has 0 bridgehead atoms. The third-order valence-electron chi connectivity index (χ3n) is 0.922. The lowest BCUT2D eigenvalue weighted by Crippen LogP contribution is -3.00. The van der Waals surface area contributed by atoms with Crippen molar-refractivity contribution in [3.05, 3.63) is 12.7 Å². The molecule has 0 radical (unpaired) electrons. The molecule has 0 rings (SSSR count). The zero-order valence-electron chi connectivity index (χ0n) is 7.59. The van der Waals surface area contributed by atoms with Crippen molar-refractivity contribution in [2.75, 3.05) is 12.3 Å². The van der Waals surface area contributed by atoms with E-state index in [-0.39, 0.29) is 12.4 Å². The summed E-state index contributed by atoms with van der Waals surface area (Å²) in [5.74, 6) is 5.87. The second-order valence-corrected chi connectivity index (χ2v) is 2.87. The van der Waals surface area contributed by atoms with Gasteiger partial charge in [-0.15, -0.1) is 6.58 Å². The fraction of sp³-hybridized carbons (Fsp3) is 0.429. The minimum absolute atomic E-state index is 0. The van der Waals surface area contributed by atoms with Crippen molar-refractivity contribution >= 4 is 23.3 Å². The van der Waals surface area contributed by atoms with Crippen LogP contribution in [0.2, 0.25) is 0 Å². The Morgan fingerprint density at radius 2 is 2.46 bits per heavy atom. The molecule has 6 heteroatoms. The number of aliphatic imine (C=N–C) groups is 1. The van der Waals surface area contributed by atoms with Gasteiger partial charge in [-0.3, -0.25) is 10.4 Å². The first-order valence-electron chi connectivity index (χ1n) is 3.68. The zero-order valence-corrected chi connectivity index (χ0v) is 9.16. The van der Waals surface area contributed by atoms with E-state index in [0.29, 0.717) is 0 Å². The molecule has 13 heavy (non-hydrogen) atoms. The summed E-state index contributed by atoms with van der Waals surface area (Å²) in [5, 5.41) is 0.843. The first-order chi connectivity index (χ1) is 5.85. The van der Waals surface area contributed by atoms with E-state index in [1.807, 2.05) is 13.0 Å². The summed E-state index contributed by atoms with van der Waals surface area (Å²) in [6.07, 6.45) is 3.27. The second kappa shape index (κ2) is 11.5. The molecule has 0 saturated carbocycles. The SMILES string of the molecule is C=CCSC(/N=C/NN)=[NH+]CC.[Cl-]. The highest BCUT2D eigenvalue weighted by molar-refractivity contribution is 8.13. The largest absolute Gasteiger partial charge is 1.00 e. The highest BCUT2D eigenvalue weighted by Crippen LogP contribution is 1.99. The highest BCUT2D eigenvalue weighted by Gasteiger charge is 2.02. The maximum Gasteiger partial charge on any atom is 0.354 e. The van der Waals surface area contributed by atoms with Crippen molar-refractivity contribution in [1.29, 1.82) is 0 Å². The Morgan fingerprint density at radius 3 is 2.92 bits per heavy atom. The minimum Gasteiger partial charge on any atom is -1.00 e. The molecule has 0 heterocycles. The molecule has 0 fully saturated rings. The first kappa shape index (κ1) is 15.0. The molecular formula is C7H15ClN4S. The van der Waals surface area contributed by atoms with Gasteiger partial charge in [0.15, 0.2) is 0 Å². The second-order valence-electron chi connectivity index (χ2n) is 1.86. The fourth-order valence-electron chi connectivity index (χ4n) is 0.519. The van der Waals surface area contributed by atoms with E-state index >= 15 is 0 Å². The van der Waals surface area contributed by atoms with Crippen LogP contribution in [0.15, 0.2) is 17.6 Å². The van der Waals surface area contributed by atoms with E-state index in [0.717, 1.165) is 17.5 Å². The molecule has 76 valence electrons. The lowest BCUT2D eigenvalue weighted by Gasteiger charge is -1.88. The van der Waals surface area contributed by atoms with Crippen LogP contribution < -0.4 is 28.7 Å². The van der Waals surface area contributed by atoms with Crippen LogP contribution >= 0.6 is 11.8 Å². The van der Waals surface area contributed by atoms with Gasteiger partial charge in [0, 0.05) is 5.75 Å². The number of nitrogens with one attached hydrogen (secondary N) is 2. The summed E-state index contributed by atoms with van der Waals surface area (Å²) in [6, 6.07) is 0. The van der Waals surface area contributed by atoms with Gasteiger partial charge in [-0.05, 0) is 23.7 Å². The summed E-state index contributed by atoms with van der Waals surface area (Å²) >= 11 is 1.58. The molecule has 0 aliphatic rings. The average molecular weight is 223 g/mol. The highest BCUT2D eigenvalue weighted by atomic mass is 35.5. The van der Waals surface area contributed by atoms with Crippen molar-refractivity contribution in [2.24, 2.45) is 10.8 Å². The molecule has 0 amide bonds. The van der Waals surface area contributed by atoms with Crippen molar-refractivity contribution in [1.82, 2.24) is 5.43 Å². The van der Waals surface area contributed by atoms with Gasteiger partial charge in [0.1, 0.15) is 0 Å². The van der Waals surface area contributed by atoms with Gasteiger partial charge in [-0.25, -0.2) is 5.84 Å². The van der Waals surface area contributed by atoms with Crippen LogP contribution in [0, 0.1) is 0 Å². The molecule has 0 atom stereocenters. The lowest BCUT2D eigenvalue weighted by molar-refractivity contribution is -0.449. The predicted molar refractivity (Wildman–Crippen MR) is 55.0 cm³/mol. The number of hydrogen-bond acceptors (Lipinski definition) is 2. The molecule has 0 aromatic heterocycles. The monoisotopic (exact) mass is 222 g/mol. The summed E-state index contributed by atoms with van der Waals surface area (Å²) in [7, 11) is 0. The number of amidine groups is 1. The summed E-state index contributed by atoms with van der Waals surface area (Å²) in [4.78, 5) is 7.12. The molecule has 0 spiro atoms. The molecule has 4 nitrogen and oxygen atoms in total. The number of halogens is 1. The molecule has 0 aliphatic heterocycles. The normalized spacial score (nSPS) is 11.1. The standard InChI is InChI=1S/C7H14N4S.ClH/c1-3-5-12-7(9-4-2)10-6-11-8;/h3,6H,1,4-5,8H2,2H3,(H,9,10,11);1H. The topological polar surface area (TPSA) is 64.4 Å². The Balaban J connectivity index is 0. The van der Waals surface area contributed by atoms with Crippen molar-refractivity contribution < 1.29 is 17.4 Å². The van der Waals surface area contributed by atoms with Crippen LogP contribution in [-0.4, -0.2) is 23.8 Å². The van der Waals surface area contributed by atoms with E-state index in [9.17, 15) is 0 Å². The van der Waals surface area contributed by atoms with Crippen molar-refractivity contribution in [3.8, 4) is 0 Å². The molecule has 0 unspecified atom stereocenters. The Labute approximate surface area is 89.2 Å². The number of hydrazine groups is 1. The van der Waals surface area contributed by atoms with Crippen molar-refractivity contribution in [2.45, 2.75) is 6.92 Å². The van der Waals surface area contributed by atoms with Gasteiger partial charge >= 0.3 is 5.17 Å². The maximum absolute atomic E-state index is 5.03. The van der Waals surface area contributed by atoms with E-state index in [1.54, 1.807) is 11.8 Å². The van der Waals surface area contributed by atoms with Crippen LogP contribution in [0.1, 0.15) is 6.92 Å². The van der Waals surface area contributed by atoms with Crippen LogP contribution in [0.5, 0.6) is 0 Å². The lowest BCUT2D eigenvalue weighted by atomic mass is 10.8.